The Balaban J connectivity index is 1.61. The van der Waals surface area contributed by atoms with Crippen LogP contribution in [0.25, 0.3) is 10.8 Å². The Bertz CT molecular complexity index is 1390. The van der Waals surface area contributed by atoms with Crippen LogP contribution in [0, 0.1) is 13.8 Å². The highest BCUT2D eigenvalue weighted by atomic mass is 32.2. The lowest BCUT2D eigenvalue weighted by Gasteiger charge is -2.19. The Morgan fingerprint density at radius 1 is 1.21 bits per heavy atom. The predicted octanol–water partition coefficient (Wildman–Crippen LogP) is 1.02. The third-order valence-electron chi connectivity index (χ3n) is 6.14. The average Bonchev–Trinajstić information content (AvgIpc) is 3.28. The fraction of sp³-hybridized carbons (Fsp3) is 0.455. The van der Waals surface area contributed by atoms with Crippen molar-refractivity contribution in [1.82, 2.24) is 29.8 Å². The Morgan fingerprint density at radius 2 is 1.91 bits per heavy atom. The molecule has 10 nitrogen and oxygen atoms in total. The van der Waals surface area contributed by atoms with Gasteiger partial charge in [0.15, 0.2) is 15.5 Å². The number of fused-ring (bicyclic) bond motifs is 1. The van der Waals surface area contributed by atoms with Gasteiger partial charge >= 0.3 is 0 Å². The molecule has 33 heavy (non-hydrogen) atoms. The molecule has 1 aliphatic rings. The van der Waals surface area contributed by atoms with Crippen molar-refractivity contribution in [2.75, 3.05) is 25.6 Å². The van der Waals surface area contributed by atoms with Crippen LogP contribution in [0.5, 0.6) is 0 Å². The first kappa shape index (κ1) is 23.1. The summed E-state index contributed by atoms with van der Waals surface area (Å²) in [6.45, 7) is 4.52. The second kappa shape index (κ2) is 8.71. The van der Waals surface area contributed by atoms with E-state index in [2.05, 4.69) is 15.5 Å². The predicted molar refractivity (Wildman–Crippen MR) is 125 cm³/mol. The Morgan fingerprint density at radius 3 is 2.55 bits per heavy atom. The minimum Gasteiger partial charge on any atom is -0.354 e. The molecule has 11 heteroatoms. The number of nitrogens with one attached hydrogen (secondary N) is 1. The molecule has 176 valence electrons. The summed E-state index contributed by atoms with van der Waals surface area (Å²) in [5, 5.41) is 12.5. The summed E-state index contributed by atoms with van der Waals surface area (Å²) in [6, 6.07) is 6.79. The minimum atomic E-state index is -3.01. The number of carbonyl (C=O) groups excluding carboxylic acids is 1. The van der Waals surface area contributed by atoms with Gasteiger partial charge in [0.05, 0.1) is 35.3 Å². The quantitative estimate of drug-likeness (QED) is 0.569. The molecule has 0 saturated carbocycles. The van der Waals surface area contributed by atoms with Gasteiger partial charge in [-0.1, -0.05) is 18.2 Å². The van der Waals surface area contributed by atoms with Crippen LogP contribution < -0.4 is 10.9 Å². The number of sulfone groups is 1. The van der Waals surface area contributed by atoms with Crippen molar-refractivity contribution in [1.29, 1.82) is 0 Å². The largest absolute Gasteiger partial charge is 0.354 e. The first-order chi connectivity index (χ1) is 15.6. The molecule has 1 aliphatic heterocycles. The molecule has 0 aliphatic carbocycles. The maximum Gasteiger partial charge on any atom is 0.275 e. The van der Waals surface area contributed by atoms with Crippen LogP contribution in [0.1, 0.15) is 39.9 Å². The zero-order valence-corrected chi connectivity index (χ0v) is 20.0. The van der Waals surface area contributed by atoms with E-state index in [1.54, 1.807) is 24.3 Å². The van der Waals surface area contributed by atoms with Crippen LogP contribution in [-0.4, -0.2) is 64.4 Å². The molecule has 1 atom stereocenters. The van der Waals surface area contributed by atoms with E-state index in [4.69, 9.17) is 0 Å². The van der Waals surface area contributed by atoms with E-state index in [-0.39, 0.29) is 41.4 Å². The number of carbonyl (C=O) groups is 1. The molecular weight excluding hydrogens is 444 g/mol. The summed E-state index contributed by atoms with van der Waals surface area (Å²) in [5.41, 5.74) is 2.66. The minimum absolute atomic E-state index is 0.114. The van der Waals surface area contributed by atoms with Gasteiger partial charge in [0.2, 0.25) is 0 Å². The molecule has 2 aromatic heterocycles. The summed E-state index contributed by atoms with van der Waals surface area (Å²) >= 11 is 0. The van der Waals surface area contributed by atoms with Crippen LogP contribution in [0.15, 0.2) is 29.1 Å². The van der Waals surface area contributed by atoms with E-state index in [0.717, 1.165) is 17.0 Å². The zero-order chi connectivity index (χ0) is 23.9. The highest BCUT2D eigenvalue weighted by molar-refractivity contribution is 7.91. The highest BCUT2D eigenvalue weighted by Gasteiger charge is 2.31. The summed E-state index contributed by atoms with van der Waals surface area (Å²) in [4.78, 5) is 27.3. The maximum atomic E-state index is 13.0. The summed E-state index contributed by atoms with van der Waals surface area (Å²) in [7, 11) is 0.373. The number of hydrogen-bond acceptors (Lipinski definition) is 7. The second-order valence-corrected chi connectivity index (χ2v) is 10.8. The van der Waals surface area contributed by atoms with Gasteiger partial charge in [0.25, 0.3) is 11.5 Å². The maximum absolute atomic E-state index is 13.0. The van der Waals surface area contributed by atoms with Gasteiger partial charge in [-0.3, -0.25) is 19.2 Å². The highest BCUT2D eigenvalue weighted by Crippen LogP contribution is 2.27. The average molecular weight is 473 g/mol. The van der Waals surface area contributed by atoms with Gasteiger partial charge in [-0.05, 0) is 33.4 Å². The number of hydrogen-bond donors (Lipinski definition) is 1. The van der Waals surface area contributed by atoms with Crippen molar-refractivity contribution in [2.45, 2.75) is 39.5 Å². The van der Waals surface area contributed by atoms with Gasteiger partial charge in [-0.25, -0.2) is 13.1 Å². The molecule has 3 heterocycles. The van der Waals surface area contributed by atoms with Crippen molar-refractivity contribution in [2.24, 2.45) is 0 Å². The van der Waals surface area contributed by atoms with E-state index < -0.39 is 9.84 Å². The molecule has 1 saturated heterocycles. The molecule has 0 bridgehead atoms. The van der Waals surface area contributed by atoms with Crippen molar-refractivity contribution in [3.63, 3.8) is 0 Å². The van der Waals surface area contributed by atoms with Crippen LogP contribution in [0.2, 0.25) is 0 Å². The molecule has 4 rings (SSSR count). The van der Waals surface area contributed by atoms with Crippen molar-refractivity contribution >= 4 is 26.5 Å². The van der Waals surface area contributed by atoms with Gasteiger partial charge in [-0.2, -0.15) is 10.2 Å². The number of benzene rings is 1. The first-order valence-electron chi connectivity index (χ1n) is 10.8. The third kappa shape index (κ3) is 4.42. The van der Waals surface area contributed by atoms with Gasteiger partial charge in [0.1, 0.15) is 0 Å². The molecular formula is C22H28N6O4S. The molecule has 1 N–H and O–H groups in total. The van der Waals surface area contributed by atoms with Crippen LogP contribution in [-0.2, 0) is 23.1 Å². The fourth-order valence-electron chi connectivity index (χ4n) is 4.42. The second-order valence-electron chi connectivity index (χ2n) is 8.58. The lowest BCUT2D eigenvalue weighted by molar-refractivity contribution is 0.0956. The first-order valence-corrected chi connectivity index (χ1v) is 12.6. The molecule has 0 spiro atoms. The number of aryl methyl sites for hydroxylation is 1. The van der Waals surface area contributed by atoms with E-state index in [0.29, 0.717) is 23.7 Å². The summed E-state index contributed by atoms with van der Waals surface area (Å²) in [6.07, 6.45) is 0.568. The third-order valence-corrected chi connectivity index (χ3v) is 7.89. The van der Waals surface area contributed by atoms with Gasteiger partial charge < -0.3 is 5.32 Å². The lowest BCUT2D eigenvalue weighted by Crippen LogP contribution is -2.34. The Hall–Kier alpha value is -3.05. The fourth-order valence-corrected chi connectivity index (χ4v) is 6.11. The molecule has 1 fully saturated rings. The number of nitrogens with zero attached hydrogens (tertiary/aromatic N) is 5. The number of amides is 1. The number of rotatable bonds is 6. The number of aromatic nitrogens is 4. The van der Waals surface area contributed by atoms with Crippen LogP contribution >= 0.6 is 0 Å². The molecule has 0 radical (unpaired) electrons. The molecule has 1 amide bonds. The topological polar surface area (TPSA) is 119 Å². The van der Waals surface area contributed by atoms with Crippen molar-refractivity contribution in [3.8, 4) is 0 Å². The monoisotopic (exact) mass is 472 g/mol. The van der Waals surface area contributed by atoms with Gasteiger partial charge in [-0.15, -0.1) is 0 Å². The van der Waals surface area contributed by atoms with E-state index in [9.17, 15) is 18.0 Å². The lowest BCUT2D eigenvalue weighted by atomic mass is 10.1. The van der Waals surface area contributed by atoms with Gasteiger partial charge in [0, 0.05) is 30.2 Å². The van der Waals surface area contributed by atoms with E-state index in [1.165, 1.54) is 11.7 Å². The molecule has 1 unspecified atom stereocenters. The summed E-state index contributed by atoms with van der Waals surface area (Å²) < 4.78 is 26.9. The van der Waals surface area contributed by atoms with E-state index in [1.807, 2.05) is 30.5 Å². The standard InChI is InChI=1S/C22H28N6O4S/c1-14-19(15(2)28(24-14)16-9-10-33(31,32)12-16)11-26(4)13-27-22(30)18-8-6-5-7-17(18)20(25-27)21(29)23-3/h5-8,16H,9-13H2,1-4H3,(H,23,29). The Kier molecular flexibility index (Phi) is 6.10. The molecule has 1 aromatic carbocycles. The van der Waals surface area contributed by atoms with E-state index >= 15 is 0 Å². The SMILES string of the molecule is CNC(=O)c1nn(CN(C)Cc2c(C)nn(C3CCS(=O)(=O)C3)c2C)c(=O)c2ccccc12. The smallest absolute Gasteiger partial charge is 0.275 e. The van der Waals surface area contributed by atoms with Crippen molar-refractivity contribution < 1.29 is 13.2 Å². The zero-order valence-electron chi connectivity index (χ0n) is 19.2. The summed E-state index contributed by atoms with van der Waals surface area (Å²) in [5.74, 6) is -0.0552. The van der Waals surface area contributed by atoms with Crippen molar-refractivity contribution in [3.05, 3.63) is 57.3 Å². The molecule has 3 aromatic rings. The Labute approximate surface area is 192 Å². The van der Waals surface area contributed by atoms with Crippen LogP contribution in [0.3, 0.4) is 0 Å². The van der Waals surface area contributed by atoms with Crippen LogP contribution in [0.4, 0.5) is 0 Å². The normalized spacial score (nSPS) is 17.7.